The molecule has 0 aliphatic carbocycles. The molecule has 1 fully saturated rings. The molecule has 2 rings (SSSR count). The van der Waals surface area contributed by atoms with Gasteiger partial charge in [-0.25, -0.2) is 0 Å². The van der Waals surface area contributed by atoms with Gasteiger partial charge in [0.2, 0.25) is 11.8 Å². The molecule has 1 atom stereocenters. The van der Waals surface area contributed by atoms with E-state index in [1.807, 2.05) is 0 Å². The van der Waals surface area contributed by atoms with Crippen molar-refractivity contribution in [2.24, 2.45) is 5.73 Å². The Labute approximate surface area is 109 Å². The van der Waals surface area contributed by atoms with Crippen LogP contribution in [0.4, 0.5) is 5.69 Å². The second-order valence-corrected chi connectivity index (χ2v) is 4.49. The first-order valence-corrected chi connectivity index (χ1v) is 5.78. The first-order valence-electron chi connectivity index (χ1n) is 5.78. The van der Waals surface area contributed by atoms with Crippen LogP contribution in [0.15, 0.2) is 24.3 Å². The minimum absolute atomic E-state index is 0.00157. The zero-order valence-electron chi connectivity index (χ0n) is 10.1. The van der Waals surface area contributed by atoms with Crippen molar-refractivity contribution in [3.63, 3.8) is 0 Å². The molecule has 2 N–H and O–H groups in total. The number of amides is 2. The van der Waals surface area contributed by atoms with Gasteiger partial charge in [-0.1, -0.05) is 12.1 Å². The van der Waals surface area contributed by atoms with Crippen molar-refractivity contribution in [3.05, 3.63) is 39.9 Å². The molecule has 100 valence electrons. The molecule has 0 aromatic heterocycles. The zero-order chi connectivity index (χ0) is 14.0. The van der Waals surface area contributed by atoms with E-state index < -0.39 is 10.8 Å². The number of rotatable bonds is 4. The highest BCUT2D eigenvalue weighted by Gasteiger charge is 2.31. The minimum atomic E-state index is -0.562. The standard InChI is InChI=1S/C12H13N3O4/c13-11(16)7-14-6-9(5-12(14)17)8-2-1-3-10(4-8)15(18)19/h1-4,9H,5-7H2,(H2,13,16). The summed E-state index contributed by atoms with van der Waals surface area (Å²) in [4.78, 5) is 34.1. The molecule has 1 heterocycles. The van der Waals surface area contributed by atoms with E-state index in [0.29, 0.717) is 6.54 Å². The monoisotopic (exact) mass is 263 g/mol. The number of nitro benzene ring substituents is 1. The fourth-order valence-electron chi connectivity index (χ4n) is 2.23. The average molecular weight is 263 g/mol. The highest BCUT2D eigenvalue weighted by atomic mass is 16.6. The fraction of sp³-hybridized carbons (Fsp3) is 0.333. The molecule has 7 heteroatoms. The molecular weight excluding hydrogens is 250 g/mol. The van der Waals surface area contributed by atoms with Crippen molar-refractivity contribution in [1.82, 2.24) is 4.90 Å². The summed E-state index contributed by atoms with van der Waals surface area (Å²) >= 11 is 0. The molecule has 1 saturated heterocycles. The fourth-order valence-corrected chi connectivity index (χ4v) is 2.23. The second kappa shape index (κ2) is 5.05. The molecule has 0 bridgehead atoms. The summed E-state index contributed by atoms with van der Waals surface area (Å²) in [7, 11) is 0. The highest BCUT2D eigenvalue weighted by molar-refractivity contribution is 5.85. The highest BCUT2D eigenvalue weighted by Crippen LogP contribution is 2.29. The van der Waals surface area contributed by atoms with Crippen LogP contribution in [0.3, 0.4) is 0 Å². The molecule has 0 spiro atoms. The van der Waals surface area contributed by atoms with Gasteiger partial charge in [-0.3, -0.25) is 19.7 Å². The number of carbonyl (C=O) groups is 2. The van der Waals surface area contributed by atoms with Crippen molar-refractivity contribution in [2.45, 2.75) is 12.3 Å². The Bertz CT molecular complexity index is 544. The quantitative estimate of drug-likeness (QED) is 0.626. The van der Waals surface area contributed by atoms with Gasteiger partial charge in [-0.2, -0.15) is 0 Å². The number of nitrogens with two attached hydrogens (primary N) is 1. The number of primary amides is 1. The van der Waals surface area contributed by atoms with Gasteiger partial charge in [0.05, 0.1) is 11.5 Å². The summed E-state index contributed by atoms with van der Waals surface area (Å²) in [5, 5.41) is 10.7. The van der Waals surface area contributed by atoms with E-state index >= 15 is 0 Å². The number of nitrogens with zero attached hydrogens (tertiary/aromatic N) is 2. The summed E-state index contributed by atoms with van der Waals surface area (Å²) in [5.74, 6) is -0.852. The van der Waals surface area contributed by atoms with Crippen LogP contribution in [0, 0.1) is 10.1 Å². The number of non-ortho nitro benzene ring substituents is 1. The second-order valence-electron chi connectivity index (χ2n) is 4.49. The summed E-state index contributed by atoms with van der Waals surface area (Å²) in [6.07, 6.45) is 0.244. The molecule has 7 nitrogen and oxygen atoms in total. The van der Waals surface area contributed by atoms with Crippen LogP contribution in [0.5, 0.6) is 0 Å². The Hall–Kier alpha value is -2.44. The molecule has 2 amide bonds. The van der Waals surface area contributed by atoms with E-state index in [-0.39, 0.29) is 30.5 Å². The van der Waals surface area contributed by atoms with E-state index in [4.69, 9.17) is 5.73 Å². The van der Waals surface area contributed by atoms with Gasteiger partial charge in [0.1, 0.15) is 0 Å². The van der Waals surface area contributed by atoms with Gasteiger partial charge in [-0.15, -0.1) is 0 Å². The third-order valence-electron chi connectivity index (χ3n) is 3.11. The van der Waals surface area contributed by atoms with Crippen molar-refractivity contribution in [1.29, 1.82) is 0 Å². The van der Waals surface area contributed by atoms with Crippen molar-refractivity contribution in [2.75, 3.05) is 13.1 Å². The van der Waals surface area contributed by atoms with E-state index in [1.165, 1.54) is 17.0 Å². The first kappa shape index (κ1) is 13.0. The average Bonchev–Trinajstić information content (AvgIpc) is 2.70. The topological polar surface area (TPSA) is 107 Å². The van der Waals surface area contributed by atoms with Gasteiger partial charge in [0.25, 0.3) is 5.69 Å². The SMILES string of the molecule is NC(=O)CN1CC(c2cccc([N+](=O)[O-])c2)CC1=O. The molecule has 1 aromatic carbocycles. The van der Waals surface area contributed by atoms with Crippen LogP contribution in [-0.2, 0) is 9.59 Å². The van der Waals surface area contributed by atoms with E-state index in [2.05, 4.69) is 0 Å². The number of hydrogen-bond acceptors (Lipinski definition) is 4. The number of benzene rings is 1. The lowest BCUT2D eigenvalue weighted by molar-refractivity contribution is -0.384. The third kappa shape index (κ3) is 2.87. The summed E-state index contributed by atoms with van der Waals surface area (Å²) in [5.41, 5.74) is 5.79. The van der Waals surface area contributed by atoms with E-state index in [9.17, 15) is 19.7 Å². The van der Waals surface area contributed by atoms with Gasteiger partial charge in [0.15, 0.2) is 0 Å². The Kier molecular flexibility index (Phi) is 3.46. The minimum Gasteiger partial charge on any atom is -0.368 e. The first-order chi connectivity index (χ1) is 8.97. The lowest BCUT2D eigenvalue weighted by Crippen LogP contribution is -2.34. The molecule has 1 aliphatic rings. The summed E-state index contributed by atoms with van der Waals surface area (Å²) in [6, 6.07) is 6.21. The molecule has 0 saturated carbocycles. The van der Waals surface area contributed by atoms with Crippen molar-refractivity contribution < 1.29 is 14.5 Å². The van der Waals surface area contributed by atoms with E-state index in [0.717, 1.165) is 5.56 Å². The third-order valence-corrected chi connectivity index (χ3v) is 3.11. The van der Waals surface area contributed by atoms with Crippen LogP contribution in [0.1, 0.15) is 17.9 Å². The lowest BCUT2D eigenvalue weighted by atomic mass is 9.98. The molecule has 1 aromatic rings. The van der Waals surface area contributed by atoms with Gasteiger partial charge in [-0.05, 0) is 5.56 Å². The maximum atomic E-state index is 11.7. The molecule has 0 radical (unpaired) electrons. The number of nitro groups is 1. The van der Waals surface area contributed by atoms with Gasteiger partial charge < -0.3 is 10.6 Å². The maximum absolute atomic E-state index is 11.7. The zero-order valence-corrected chi connectivity index (χ0v) is 10.1. The maximum Gasteiger partial charge on any atom is 0.269 e. The van der Waals surface area contributed by atoms with Gasteiger partial charge >= 0.3 is 0 Å². The predicted octanol–water partition coefficient (Wildman–Crippen LogP) is 0.396. The molecular formula is C12H13N3O4. The number of hydrogen-bond donors (Lipinski definition) is 1. The van der Waals surface area contributed by atoms with Crippen LogP contribution < -0.4 is 5.73 Å². The Morgan fingerprint density at radius 2 is 2.26 bits per heavy atom. The lowest BCUT2D eigenvalue weighted by Gasteiger charge is -2.14. The molecule has 19 heavy (non-hydrogen) atoms. The van der Waals surface area contributed by atoms with Crippen LogP contribution in [0.25, 0.3) is 0 Å². The van der Waals surface area contributed by atoms with E-state index in [1.54, 1.807) is 12.1 Å². The Balaban J connectivity index is 2.16. The van der Waals surface area contributed by atoms with Crippen molar-refractivity contribution >= 4 is 17.5 Å². The summed E-state index contributed by atoms with van der Waals surface area (Å²) in [6.45, 7) is 0.257. The normalized spacial score (nSPS) is 18.6. The molecule has 1 unspecified atom stereocenters. The summed E-state index contributed by atoms with van der Waals surface area (Å²) < 4.78 is 0. The molecule has 1 aliphatic heterocycles. The Morgan fingerprint density at radius 1 is 1.53 bits per heavy atom. The van der Waals surface area contributed by atoms with Crippen molar-refractivity contribution in [3.8, 4) is 0 Å². The van der Waals surface area contributed by atoms with Crippen LogP contribution in [0.2, 0.25) is 0 Å². The van der Waals surface area contributed by atoms with Crippen LogP contribution >= 0.6 is 0 Å². The van der Waals surface area contributed by atoms with Crippen LogP contribution in [-0.4, -0.2) is 34.7 Å². The number of carbonyl (C=O) groups excluding carboxylic acids is 2. The Morgan fingerprint density at radius 3 is 2.89 bits per heavy atom. The number of likely N-dealkylation sites (tertiary alicyclic amines) is 1. The smallest absolute Gasteiger partial charge is 0.269 e. The predicted molar refractivity (Wildman–Crippen MR) is 66.2 cm³/mol. The largest absolute Gasteiger partial charge is 0.368 e. The van der Waals surface area contributed by atoms with Gasteiger partial charge in [0, 0.05) is 31.0 Å².